The minimum atomic E-state index is -0.227. The van der Waals surface area contributed by atoms with Crippen LogP contribution in [0.1, 0.15) is 21.5 Å². The average molecular weight is 475 g/mol. The van der Waals surface area contributed by atoms with Crippen molar-refractivity contribution in [2.24, 2.45) is 4.99 Å². The van der Waals surface area contributed by atoms with Gasteiger partial charge in [0.15, 0.2) is 0 Å². The molecule has 1 unspecified atom stereocenters. The Balaban J connectivity index is 0.00000272. The molecular formula is C24H22Cl3N3O. The molecule has 3 aromatic rings. The number of hydrogen-bond acceptors (Lipinski definition) is 3. The fourth-order valence-corrected chi connectivity index (χ4v) is 4.10. The van der Waals surface area contributed by atoms with Gasteiger partial charge in [0.25, 0.3) is 5.91 Å². The molecule has 4 rings (SSSR count). The van der Waals surface area contributed by atoms with Gasteiger partial charge in [-0.3, -0.25) is 9.79 Å². The van der Waals surface area contributed by atoms with Gasteiger partial charge in [-0.25, -0.2) is 0 Å². The van der Waals surface area contributed by atoms with Crippen molar-refractivity contribution < 1.29 is 4.79 Å². The lowest BCUT2D eigenvalue weighted by atomic mass is 10.0. The first-order valence-corrected chi connectivity index (χ1v) is 10.5. The van der Waals surface area contributed by atoms with E-state index in [2.05, 4.69) is 34.5 Å². The second-order valence-corrected chi connectivity index (χ2v) is 8.02. The first kappa shape index (κ1) is 23.1. The Morgan fingerprint density at radius 3 is 2.52 bits per heavy atom. The number of likely N-dealkylation sites (N-methyl/N-ethyl adjacent to an activating group) is 1. The Hall–Kier alpha value is -2.53. The summed E-state index contributed by atoms with van der Waals surface area (Å²) in [7, 11) is 2.04. The highest BCUT2D eigenvalue weighted by Crippen LogP contribution is 2.27. The molecule has 1 N–H and O–H groups in total. The Morgan fingerprint density at radius 2 is 1.77 bits per heavy atom. The van der Waals surface area contributed by atoms with E-state index in [4.69, 9.17) is 28.2 Å². The lowest BCUT2D eigenvalue weighted by Gasteiger charge is -2.29. The van der Waals surface area contributed by atoms with Crippen LogP contribution in [0.5, 0.6) is 0 Å². The second kappa shape index (κ2) is 10.2. The number of nitrogens with one attached hydrogen (secondary N) is 1. The molecule has 7 heteroatoms. The zero-order valence-corrected chi connectivity index (χ0v) is 19.2. The Kier molecular flexibility index (Phi) is 7.60. The maximum atomic E-state index is 12.7. The molecule has 0 aromatic heterocycles. The number of benzodiazepines with no additional fused rings is 1. The van der Waals surface area contributed by atoms with Gasteiger partial charge < -0.3 is 10.2 Å². The van der Waals surface area contributed by atoms with Crippen LogP contribution in [0.4, 0.5) is 5.69 Å². The van der Waals surface area contributed by atoms with Crippen molar-refractivity contribution in [2.75, 3.05) is 25.0 Å². The number of para-hydroxylation sites is 1. The van der Waals surface area contributed by atoms with Crippen LogP contribution in [0, 0.1) is 0 Å². The molecule has 0 aliphatic carbocycles. The molecule has 0 radical (unpaired) electrons. The monoisotopic (exact) mass is 473 g/mol. The fraction of sp³-hybridized carbons (Fsp3) is 0.167. The van der Waals surface area contributed by atoms with Crippen LogP contribution >= 0.6 is 35.6 Å². The summed E-state index contributed by atoms with van der Waals surface area (Å²) in [4.78, 5) is 19.8. The molecule has 0 saturated carbocycles. The normalized spacial score (nSPS) is 15.3. The van der Waals surface area contributed by atoms with Gasteiger partial charge in [0.1, 0.15) is 0 Å². The van der Waals surface area contributed by atoms with E-state index in [0.29, 0.717) is 28.7 Å². The smallest absolute Gasteiger partial charge is 0.252 e. The van der Waals surface area contributed by atoms with Crippen molar-refractivity contribution in [3.05, 3.63) is 99.5 Å². The first-order chi connectivity index (χ1) is 14.5. The van der Waals surface area contributed by atoms with Gasteiger partial charge in [-0.05, 0) is 24.3 Å². The van der Waals surface area contributed by atoms with Crippen molar-refractivity contribution in [1.29, 1.82) is 0 Å². The van der Waals surface area contributed by atoms with Crippen molar-refractivity contribution in [1.82, 2.24) is 5.32 Å². The predicted octanol–water partition coefficient (Wildman–Crippen LogP) is 5.50. The summed E-state index contributed by atoms with van der Waals surface area (Å²) in [5.41, 5.74) is 4.62. The zero-order chi connectivity index (χ0) is 21.1. The average Bonchev–Trinajstić information content (AvgIpc) is 2.89. The highest BCUT2D eigenvalue weighted by Gasteiger charge is 2.24. The number of hydrogen-bond donors (Lipinski definition) is 1. The number of fused-ring (bicyclic) bond motifs is 1. The second-order valence-electron chi connectivity index (χ2n) is 7.17. The van der Waals surface area contributed by atoms with E-state index in [9.17, 15) is 4.79 Å². The highest BCUT2D eigenvalue weighted by atomic mass is 35.5. The zero-order valence-electron chi connectivity index (χ0n) is 16.9. The molecule has 1 aliphatic rings. The number of aliphatic imine (C=N–C) groups is 1. The Labute approximate surface area is 198 Å². The molecule has 160 valence electrons. The number of rotatable bonds is 4. The van der Waals surface area contributed by atoms with E-state index < -0.39 is 0 Å². The van der Waals surface area contributed by atoms with E-state index >= 15 is 0 Å². The lowest BCUT2D eigenvalue weighted by molar-refractivity contribution is 0.0951. The third kappa shape index (κ3) is 5.04. The number of halogens is 3. The number of nitrogens with zero attached hydrogens (tertiary/aromatic N) is 2. The first-order valence-electron chi connectivity index (χ1n) is 9.70. The van der Waals surface area contributed by atoms with Gasteiger partial charge in [-0.15, -0.1) is 12.4 Å². The minimum absolute atomic E-state index is 0. The molecule has 0 spiro atoms. The van der Waals surface area contributed by atoms with Crippen LogP contribution in [0.3, 0.4) is 0 Å². The molecule has 1 amide bonds. The molecule has 1 atom stereocenters. The molecule has 0 saturated heterocycles. The molecule has 0 fully saturated rings. The lowest BCUT2D eigenvalue weighted by Crippen LogP contribution is -2.43. The van der Waals surface area contributed by atoms with Gasteiger partial charge in [-0.1, -0.05) is 71.7 Å². The molecule has 31 heavy (non-hydrogen) atoms. The molecule has 4 nitrogen and oxygen atoms in total. The number of carbonyl (C=O) groups excluding carboxylic acids is 1. The van der Waals surface area contributed by atoms with Gasteiger partial charge >= 0.3 is 0 Å². The summed E-state index contributed by atoms with van der Waals surface area (Å²) in [5.74, 6) is -0.227. The van der Waals surface area contributed by atoms with Crippen molar-refractivity contribution in [3.63, 3.8) is 0 Å². The van der Waals surface area contributed by atoms with E-state index in [1.54, 1.807) is 18.2 Å². The van der Waals surface area contributed by atoms with E-state index in [-0.39, 0.29) is 24.4 Å². The third-order valence-corrected chi connectivity index (χ3v) is 5.82. The van der Waals surface area contributed by atoms with Crippen LogP contribution in [-0.4, -0.2) is 37.8 Å². The number of carbonyl (C=O) groups is 1. The van der Waals surface area contributed by atoms with E-state index in [1.807, 2.05) is 37.4 Å². The number of benzene rings is 3. The number of anilines is 1. The minimum Gasteiger partial charge on any atom is -0.367 e. The fourth-order valence-electron chi connectivity index (χ4n) is 3.61. The van der Waals surface area contributed by atoms with E-state index in [1.165, 1.54) is 0 Å². The Morgan fingerprint density at radius 1 is 1.06 bits per heavy atom. The van der Waals surface area contributed by atoms with Crippen molar-refractivity contribution in [3.8, 4) is 0 Å². The van der Waals surface area contributed by atoms with Gasteiger partial charge in [0.05, 0.1) is 28.9 Å². The summed E-state index contributed by atoms with van der Waals surface area (Å²) < 4.78 is 0. The van der Waals surface area contributed by atoms with Gasteiger partial charge in [0, 0.05) is 35.4 Å². The van der Waals surface area contributed by atoms with Crippen LogP contribution < -0.4 is 10.2 Å². The topological polar surface area (TPSA) is 44.7 Å². The summed E-state index contributed by atoms with van der Waals surface area (Å²) in [6, 6.07) is 23.3. The maximum Gasteiger partial charge on any atom is 0.252 e. The summed E-state index contributed by atoms with van der Waals surface area (Å²) in [6.45, 7) is 0.998. The van der Waals surface area contributed by atoms with Crippen LogP contribution in [0.2, 0.25) is 10.0 Å². The van der Waals surface area contributed by atoms with Crippen LogP contribution in [0.25, 0.3) is 0 Å². The molecule has 1 aliphatic heterocycles. The maximum absolute atomic E-state index is 12.7. The van der Waals surface area contributed by atoms with Gasteiger partial charge in [-0.2, -0.15) is 0 Å². The highest BCUT2D eigenvalue weighted by molar-refractivity contribution is 6.36. The molecule has 3 aromatic carbocycles. The van der Waals surface area contributed by atoms with Crippen LogP contribution in [0.15, 0.2) is 77.8 Å². The summed E-state index contributed by atoms with van der Waals surface area (Å²) in [5, 5.41) is 3.83. The van der Waals surface area contributed by atoms with Crippen LogP contribution in [-0.2, 0) is 0 Å². The van der Waals surface area contributed by atoms with Gasteiger partial charge in [0.2, 0.25) is 0 Å². The predicted molar refractivity (Wildman–Crippen MR) is 132 cm³/mol. The SMILES string of the molecule is CN1c2ccccc2C(c2ccccc2)=NCC1CNC(=O)c1ccc(Cl)cc1Cl.Cl. The largest absolute Gasteiger partial charge is 0.367 e. The Bertz CT molecular complexity index is 1100. The molecular weight excluding hydrogens is 453 g/mol. The van der Waals surface area contributed by atoms with Crippen molar-refractivity contribution in [2.45, 2.75) is 6.04 Å². The third-order valence-electron chi connectivity index (χ3n) is 5.27. The molecule has 0 bridgehead atoms. The molecule has 1 heterocycles. The number of amides is 1. The quantitative estimate of drug-likeness (QED) is 0.542. The summed E-state index contributed by atoms with van der Waals surface area (Å²) >= 11 is 12.1. The standard InChI is InChI=1S/C24H21Cl2N3O.ClH/c1-29-18(15-28-24(30)19-12-11-17(25)13-21(19)26)14-27-23(16-7-3-2-4-8-16)20-9-5-6-10-22(20)29;/h2-13,18H,14-15H2,1H3,(H,28,30);1H. The summed E-state index contributed by atoms with van der Waals surface area (Å²) in [6.07, 6.45) is 0. The van der Waals surface area contributed by atoms with E-state index in [0.717, 1.165) is 22.5 Å². The van der Waals surface area contributed by atoms with Crippen molar-refractivity contribution >= 4 is 52.9 Å².